The van der Waals surface area contributed by atoms with Crippen LogP contribution >= 0.6 is 23.2 Å². The second-order valence-corrected chi connectivity index (χ2v) is 8.60. The van der Waals surface area contributed by atoms with Gasteiger partial charge in [-0.15, -0.1) is 0 Å². The summed E-state index contributed by atoms with van der Waals surface area (Å²) in [5.41, 5.74) is 3.08. The molecule has 0 bridgehead atoms. The van der Waals surface area contributed by atoms with Crippen LogP contribution in [0.15, 0.2) is 48.9 Å². The number of pyridine rings is 1. The summed E-state index contributed by atoms with van der Waals surface area (Å²) in [5.74, 6) is 0.954. The first-order chi connectivity index (χ1) is 14.9. The van der Waals surface area contributed by atoms with Crippen molar-refractivity contribution in [3.05, 3.63) is 59.0 Å². The van der Waals surface area contributed by atoms with Gasteiger partial charge in [0.1, 0.15) is 11.5 Å². The fourth-order valence-corrected chi connectivity index (χ4v) is 3.96. The number of carbonyl (C=O) groups excluding carboxylic acids is 1. The number of nitrogens with zero attached hydrogens (tertiary/aromatic N) is 5. The Balaban J connectivity index is 1.69. The Morgan fingerprint density at radius 2 is 1.68 bits per heavy atom. The number of halogens is 2. The van der Waals surface area contributed by atoms with E-state index in [0.29, 0.717) is 41.9 Å². The van der Waals surface area contributed by atoms with Crippen LogP contribution in [0.25, 0.3) is 22.5 Å². The van der Waals surface area contributed by atoms with Crippen LogP contribution in [0.5, 0.6) is 0 Å². The molecule has 1 amide bonds. The molecular formula is C23H23Cl2N5O. The van der Waals surface area contributed by atoms with E-state index in [4.69, 9.17) is 33.2 Å². The highest BCUT2D eigenvalue weighted by Gasteiger charge is 2.25. The topological polar surface area (TPSA) is 62.2 Å². The third kappa shape index (κ3) is 4.65. The fraction of sp³-hybridized carbons (Fsp3) is 0.304. The zero-order chi connectivity index (χ0) is 22.0. The summed E-state index contributed by atoms with van der Waals surface area (Å²) in [6.07, 6.45) is 5.08. The van der Waals surface area contributed by atoms with E-state index in [1.165, 1.54) is 0 Å². The van der Waals surface area contributed by atoms with Crippen LogP contribution in [-0.4, -0.2) is 51.9 Å². The summed E-state index contributed by atoms with van der Waals surface area (Å²) in [6.45, 7) is 6.61. The average Bonchev–Trinajstić information content (AvgIpc) is 2.79. The predicted molar refractivity (Wildman–Crippen MR) is 124 cm³/mol. The summed E-state index contributed by atoms with van der Waals surface area (Å²) in [5, 5.41) is 1.17. The maximum Gasteiger partial charge on any atom is 0.225 e. The minimum Gasteiger partial charge on any atom is -0.352 e. The maximum absolute atomic E-state index is 12.3. The Bertz CT molecular complexity index is 1080. The number of anilines is 1. The molecule has 2 aromatic heterocycles. The quantitative estimate of drug-likeness (QED) is 0.564. The van der Waals surface area contributed by atoms with Gasteiger partial charge in [0.15, 0.2) is 0 Å². The molecule has 1 aromatic carbocycles. The van der Waals surface area contributed by atoms with Gasteiger partial charge in [-0.1, -0.05) is 49.2 Å². The Morgan fingerprint density at radius 1 is 0.968 bits per heavy atom. The zero-order valence-corrected chi connectivity index (χ0v) is 18.9. The van der Waals surface area contributed by atoms with E-state index in [1.54, 1.807) is 18.6 Å². The van der Waals surface area contributed by atoms with E-state index in [1.807, 2.05) is 49.1 Å². The predicted octanol–water partition coefficient (Wildman–Crippen LogP) is 4.82. The van der Waals surface area contributed by atoms with Crippen LogP contribution in [0.2, 0.25) is 10.0 Å². The number of hydrogen-bond donors (Lipinski definition) is 0. The molecule has 1 saturated heterocycles. The number of benzene rings is 1. The molecule has 31 heavy (non-hydrogen) atoms. The maximum atomic E-state index is 12.3. The average molecular weight is 456 g/mol. The van der Waals surface area contributed by atoms with Gasteiger partial charge in [-0.2, -0.15) is 0 Å². The van der Waals surface area contributed by atoms with Gasteiger partial charge in [0, 0.05) is 60.6 Å². The minimum absolute atomic E-state index is 0.00503. The van der Waals surface area contributed by atoms with Crippen molar-refractivity contribution in [3.63, 3.8) is 0 Å². The van der Waals surface area contributed by atoms with Crippen molar-refractivity contribution in [2.75, 3.05) is 31.1 Å². The van der Waals surface area contributed by atoms with Gasteiger partial charge in [-0.05, 0) is 18.2 Å². The van der Waals surface area contributed by atoms with E-state index in [2.05, 4.69) is 9.88 Å². The van der Waals surface area contributed by atoms with Gasteiger partial charge in [-0.25, -0.2) is 4.98 Å². The lowest BCUT2D eigenvalue weighted by molar-refractivity contribution is -0.134. The molecule has 8 heteroatoms. The lowest BCUT2D eigenvalue weighted by Gasteiger charge is -2.36. The van der Waals surface area contributed by atoms with Gasteiger partial charge in [0.2, 0.25) is 5.91 Å². The number of carbonyl (C=O) groups is 1. The van der Waals surface area contributed by atoms with E-state index in [-0.39, 0.29) is 11.8 Å². The normalized spacial score (nSPS) is 14.2. The SMILES string of the molecule is CC(C)C(=O)N1CCN(c2cnc(-c3ccc(Cl)cc3)c(-c3ccncc3Cl)n2)CC1. The molecule has 3 aromatic rings. The Morgan fingerprint density at radius 3 is 2.32 bits per heavy atom. The molecule has 0 aliphatic carbocycles. The van der Waals surface area contributed by atoms with Crippen molar-refractivity contribution in [2.45, 2.75) is 13.8 Å². The lowest BCUT2D eigenvalue weighted by Crippen LogP contribution is -2.50. The summed E-state index contributed by atoms with van der Waals surface area (Å²) < 4.78 is 0. The van der Waals surface area contributed by atoms with Crippen molar-refractivity contribution in [1.82, 2.24) is 19.9 Å². The van der Waals surface area contributed by atoms with E-state index in [9.17, 15) is 4.79 Å². The molecule has 0 radical (unpaired) electrons. The molecule has 0 unspecified atom stereocenters. The highest BCUT2D eigenvalue weighted by molar-refractivity contribution is 6.33. The van der Waals surface area contributed by atoms with Crippen LogP contribution in [0, 0.1) is 5.92 Å². The van der Waals surface area contributed by atoms with Gasteiger partial charge in [-0.3, -0.25) is 14.8 Å². The molecular weight excluding hydrogens is 433 g/mol. The minimum atomic E-state index is 0.00503. The van der Waals surface area contributed by atoms with Crippen LogP contribution < -0.4 is 4.90 Å². The van der Waals surface area contributed by atoms with E-state index < -0.39 is 0 Å². The second kappa shape index (κ2) is 9.20. The van der Waals surface area contributed by atoms with E-state index >= 15 is 0 Å². The van der Waals surface area contributed by atoms with Crippen LogP contribution in [0.3, 0.4) is 0 Å². The van der Waals surface area contributed by atoms with Crippen molar-refractivity contribution in [3.8, 4) is 22.5 Å². The number of amides is 1. The number of rotatable bonds is 4. The Hall–Kier alpha value is -2.70. The molecule has 0 N–H and O–H groups in total. The highest BCUT2D eigenvalue weighted by atomic mass is 35.5. The largest absolute Gasteiger partial charge is 0.352 e. The smallest absolute Gasteiger partial charge is 0.225 e. The zero-order valence-electron chi connectivity index (χ0n) is 17.4. The monoisotopic (exact) mass is 455 g/mol. The molecule has 1 aliphatic rings. The van der Waals surface area contributed by atoms with E-state index in [0.717, 1.165) is 22.6 Å². The second-order valence-electron chi connectivity index (χ2n) is 7.75. The third-order valence-corrected chi connectivity index (χ3v) is 5.87. The summed E-state index contributed by atoms with van der Waals surface area (Å²) >= 11 is 12.5. The van der Waals surface area contributed by atoms with Gasteiger partial charge in [0.25, 0.3) is 0 Å². The molecule has 4 rings (SSSR count). The third-order valence-electron chi connectivity index (χ3n) is 5.31. The molecule has 1 fully saturated rings. The standard InChI is InChI=1S/C23H23Cl2N5O/c1-15(2)23(31)30-11-9-29(10-12-30)20-14-27-21(16-3-5-17(24)6-4-16)22(28-20)18-7-8-26-13-19(18)25/h3-8,13-15H,9-12H2,1-2H3. The first-order valence-electron chi connectivity index (χ1n) is 10.2. The lowest BCUT2D eigenvalue weighted by atomic mass is 10.0. The van der Waals surface area contributed by atoms with Crippen molar-refractivity contribution in [2.24, 2.45) is 5.92 Å². The van der Waals surface area contributed by atoms with Gasteiger partial charge in [0.05, 0.1) is 16.9 Å². The summed E-state index contributed by atoms with van der Waals surface area (Å²) in [6, 6.07) is 9.33. The first kappa shape index (κ1) is 21.5. The van der Waals surface area contributed by atoms with Crippen LogP contribution in [0.4, 0.5) is 5.82 Å². The summed E-state index contributed by atoms with van der Waals surface area (Å²) in [4.78, 5) is 30.1. The molecule has 0 atom stereocenters. The first-order valence-corrected chi connectivity index (χ1v) is 11.0. The van der Waals surface area contributed by atoms with Gasteiger partial charge < -0.3 is 9.80 Å². The summed E-state index contributed by atoms with van der Waals surface area (Å²) in [7, 11) is 0. The number of hydrogen-bond acceptors (Lipinski definition) is 5. The molecule has 6 nitrogen and oxygen atoms in total. The molecule has 160 valence electrons. The highest BCUT2D eigenvalue weighted by Crippen LogP contribution is 2.34. The number of aromatic nitrogens is 3. The van der Waals surface area contributed by atoms with Crippen molar-refractivity contribution in [1.29, 1.82) is 0 Å². The fourth-order valence-electron chi connectivity index (χ4n) is 3.63. The number of piperazine rings is 1. The van der Waals surface area contributed by atoms with Crippen LogP contribution in [0.1, 0.15) is 13.8 Å². The Kier molecular flexibility index (Phi) is 6.39. The molecule has 0 saturated carbocycles. The van der Waals surface area contributed by atoms with Crippen LogP contribution in [-0.2, 0) is 4.79 Å². The van der Waals surface area contributed by atoms with Gasteiger partial charge >= 0.3 is 0 Å². The Labute approximate surface area is 191 Å². The molecule has 1 aliphatic heterocycles. The molecule has 3 heterocycles. The van der Waals surface area contributed by atoms with Crippen molar-refractivity contribution < 1.29 is 4.79 Å². The molecule has 0 spiro atoms. The van der Waals surface area contributed by atoms with Crippen molar-refractivity contribution >= 4 is 34.9 Å².